The first-order chi connectivity index (χ1) is 11.9. The molecular weight excluding hydrogens is 310 g/mol. The Labute approximate surface area is 150 Å². The molecule has 3 heteroatoms. The summed E-state index contributed by atoms with van der Waals surface area (Å²) >= 11 is 0. The summed E-state index contributed by atoms with van der Waals surface area (Å²) in [5.41, 5.74) is 3.57. The van der Waals surface area contributed by atoms with Gasteiger partial charge in [-0.3, -0.25) is 4.79 Å². The maximum Gasteiger partial charge on any atom is 0.316 e. The van der Waals surface area contributed by atoms with Crippen LogP contribution in [0.1, 0.15) is 38.3 Å². The Morgan fingerprint density at radius 1 is 1.08 bits per heavy atom. The molecule has 25 heavy (non-hydrogen) atoms. The largest absolute Gasteiger partial charge is 0.426 e. The van der Waals surface area contributed by atoms with Crippen LogP contribution in [-0.2, 0) is 17.6 Å². The van der Waals surface area contributed by atoms with Gasteiger partial charge >= 0.3 is 5.97 Å². The summed E-state index contributed by atoms with van der Waals surface area (Å²) in [6.07, 6.45) is 3.54. The summed E-state index contributed by atoms with van der Waals surface area (Å²) in [6.45, 7) is 6.53. The highest BCUT2D eigenvalue weighted by molar-refractivity contribution is 5.77. The summed E-state index contributed by atoms with van der Waals surface area (Å²) in [5, 5.41) is 3.52. The van der Waals surface area contributed by atoms with Gasteiger partial charge < -0.3 is 10.1 Å². The van der Waals surface area contributed by atoms with E-state index >= 15 is 0 Å². The van der Waals surface area contributed by atoms with Crippen molar-refractivity contribution >= 4 is 11.7 Å². The molecule has 0 saturated heterocycles. The second-order valence-electron chi connectivity index (χ2n) is 7.92. The van der Waals surface area contributed by atoms with Gasteiger partial charge in [-0.25, -0.2) is 0 Å². The first-order valence-electron chi connectivity index (χ1n) is 9.05. The lowest BCUT2D eigenvalue weighted by molar-refractivity contribution is -0.142. The van der Waals surface area contributed by atoms with Gasteiger partial charge in [0.2, 0.25) is 0 Å². The number of fused-ring (bicyclic) bond motifs is 1. The number of ether oxygens (including phenoxy) is 1. The van der Waals surface area contributed by atoms with Crippen molar-refractivity contribution in [3.05, 3.63) is 59.7 Å². The normalized spacial score (nSPS) is 16.8. The molecule has 1 aliphatic carbocycles. The molecule has 0 radical (unpaired) electrons. The Morgan fingerprint density at radius 2 is 1.76 bits per heavy atom. The average Bonchev–Trinajstić information content (AvgIpc) is 2.60. The van der Waals surface area contributed by atoms with Crippen LogP contribution in [0.15, 0.2) is 48.5 Å². The molecule has 0 fully saturated rings. The third-order valence-corrected chi connectivity index (χ3v) is 4.72. The number of carbonyl (C=O) groups excluding carboxylic acids is 1. The van der Waals surface area contributed by atoms with Crippen LogP contribution in [0.25, 0.3) is 0 Å². The van der Waals surface area contributed by atoms with E-state index < -0.39 is 5.41 Å². The topological polar surface area (TPSA) is 38.3 Å². The molecule has 0 bridgehead atoms. The first kappa shape index (κ1) is 17.5. The quantitative estimate of drug-likeness (QED) is 0.640. The lowest BCUT2D eigenvalue weighted by Crippen LogP contribution is -2.25. The number of esters is 1. The molecule has 1 aliphatic rings. The minimum Gasteiger partial charge on any atom is -0.426 e. The fraction of sp³-hybridized carbons (Fsp3) is 0.409. The van der Waals surface area contributed by atoms with Crippen LogP contribution in [-0.4, -0.2) is 12.5 Å². The fourth-order valence-electron chi connectivity index (χ4n) is 3.11. The number of rotatable bonds is 4. The van der Waals surface area contributed by atoms with E-state index in [1.165, 1.54) is 24.0 Å². The van der Waals surface area contributed by atoms with Gasteiger partial charge in [0.15, 0.2) is 0 Å². The van der Waals surface area contributed by atoms with E-state index in [0.29, 0.717) is 11.7 Å². The van der Waals surface area contributed by atoms with Crippen molar-refractivity contribution in [1.82, 2.24) is 0 Å². The average molecular weight is 337 g/mol. The minimum atomic E-state index is -0.492. The molecule has 132 valence electrons. The highest BCUT2D eigenvalue weighted by atomic mass is 16.5. The van der Waals surface area contributed by atoms with Gasteiger partial charge in [0, 0.05) is 12.2 Å². The predicted octanol–water partition coefficient (Wildman–Crippen LogP) is 4.86. The van der Waals surface area contributed by atoms with E-state index in [2.05, 4.69) is 29.6 Å². The van der Waals surface area contributed by atoms with Crippen LogP contribution >= 0.6 is 0 Å². The predicted molar refractivity (Wildman–Crippen MR) is 102 cm³/mol. The number of carbonyl (C=O) groups is 1. The van der Waals surface area contributed by atoms with Crippen molar-refractivity contribution in [2.75, 3.05) is 11.9 Å². The number of benzene rings is 2. The van der Waals surface area contributed by atoms with Crippen molar-refractivity contribution < 1.29 is 9.53 Å². The molecule has 0 heterocycles. The second kappa shape index (κ2) is 7.30. The molecule has 0 aliphatic heterocycles. The number of hydrogen-bond donors (Lipinski definition) is 1. The van der Waals surface area contributed by atoms with E-state index in [1.54, 1.807) is 0 Å². The highest BCUT2D eigenvalue weighted by Gasteiger charge is 2.23. The van der Waals surface area contributed by atoms with Gasteiger partial charge in [-0.1, -0.05) is 24.3 Å². The summed E-state index contributed by atoms with van der Waals surface area (Å²) < 4.78 is 5.40. The Balaban J connectivity index is 1.52. The third-order valence-electron chi connectivity index (χ3n) is 4.72. The summed E-state index contributed by atoms with van der Waals surface area (Å²) in [5.74, 6) is 1.04. The van der Waals surface area contributed by atoms with E-state index in [-0.39, 0.29) is 5.97 Å². The molecule has 3 rings (SSSR count). The van der Waals surface area contributed by atoms with Crippen LogP contribution in [0.2, 0.25) is 0 Å². The van der Waals surface area contributed by atoms with Gasteiger partial charge in [-0.15, -0.1) is 0 Å². The van der Waals surface area contributed by atoms with E-state index in [4.69, 9.17) is 4.74 Å². The standard InChI is InChI=1S/C22H27NO2/c1-22(2,3)21(24)25-20-12-10-19(11-13-20)23-15-16-8-9-17-6-4-5-7-18(17)14-16/h4-7,10-13,16,23H,8-9,14-15H2,1-3H3. The monoisotopic (exact) mass is 337 g/mol. The molecule has 2 aromatic carbocycles. The van der Waals surface area contributed by atoms with Crippen LogP contribution < -0.4 is 10.1 Å². The lowest BCUT2D eigenvalue weighted by atomic mass is 9.84. The molecule has 0 saturated carbocycles. The molecule has 1 atom stereocenters. The molecule has 2 aromatic rings. The molecular formula is C22H27NO2. The maximum absolute atomic E-state index is 11.9. The van der Waals surface area contributed by atoms with E-state index in [9.17, 15) is 4.79 Å². The highest BCUT2D eigenvalue weighted by Crippen LogP contribution is 2.26. The molecule has 1 unspecified atom stereocenters. The Morgan fingerprint density at radius 3 is 2.44 bits per heavy atom. The minimum absolute atomic E-state index is 0.214. The van der Waals surface area contributed by atoms with Crippen molar-refractivity contribution in [2.45, 2.75) is 40.0 Å². The summed E-state index contributed by atoms with van der Waals surface area (Å²) in [6, 6.07) is 16.4. The SMILES string of the molecule is CC(C)(C)C(=O)Oc1ccc(NCC2CCc3ccccc3C2)cc1. The number of anilines is 1. The van der Waals surface area contributed by atoms with Gasteiger partial charge in [0.05, 0.1) is 5.41 Å². The number of aryl methyl sites for hydroxylation is 1. The smallest absolute Gasteiger partial charge is 0.316 e. The van der Waals surface area contributed by atoms with Gasteiger partial charge in [0.25, 0.3) is 0 Å². The maximum atomic E-state index is 11.9. The summed E-state index contributed by atoms with van der Waals surface area (Å²) in [7, 11) is 0. The molecule has 0 spiro atoms. The zero-order valence-corrected chi connectivity index (χ0v) is 15.3. The van der Waals surface area contributed by atoms with Gasteiger partial charge in [-0.05, 0) is 81.3 Å². The van der Waals surface area contributed by atoms with E-state index in [0.717, 1.165) is 18.7 Å². The number of nitrogens with one attached hydrogen (secondary N) is 1. The third kappa shape index (κ3) is 4.62. The molecule has 0 aromatic heterocycles. The number of hydrogen-bond acceptors (Lipinski definition) is 3. The Kier molecular flexibility index (Phi) is 5.12. The Hall–Kier alpha value is -2.29. The fourth-order valence-corrected chi connectivity index (χ4v) is 3.11. The summed E-state index contributed by atoms with van der Waals surface area (Å²) in [4.78, 5) is 11.9. The van der Waals surface area contributed by atoms with Crippen molar-refractivity contribution in [2.24, 2.45) is 11.3 Å². The van der Waals surface area contributed by atoms with Crippen molar-refractivity contribution in [1.29, 1.82) is 0 Å². The van der Waals surface area contributed by atoms with Gasteiger partial charge in [-0.2, -0.15) is 0 Å². The van der Waals surface area contributed by atoms with Crippen molar-refractivity contribution in [3.8, 4) is 5.75 Å². The first-order valence-corrected chi connectivity index (χ1v) is 9.05. The Bertz CT molecular complexity index is 728. The van der Waals surface area contributed by atoms with E-state index in [1.807, 2.05) is 45.0 Å². The molecule has 0 amide bonds. The van der Waals surface area contributed by atoms with Crippen LogP contribution in [0.3, 0.4) is 0 Å². The van der Waals surface area contributed by atoms with Crippen LogP contribution in [0.5, 0.6) is 5.75 Å². The molecule has 3 nitrogen and oxygen atoms in total. The van der Waals surface area contributed by atoms with Crippen LogP contribution in [0, 0.1) is 11.3 Å². The van der Waals surface area contributed by atoms with Crippen molar-refractivity contribution in [3.63, 3.8) is 0 Å². The van der Waals surface area contributed by atoms with Crippen LogP contribution in [0.4, 0.5) is 5.69 Å². The zero-order chi connectivity index (χ0) is 17.9. The zero-order valence-electron chi connectivity index (χ0n) is 15.3. The lowest BCUT2D eigenvalue weighted by Gasteiger charge is -2.25. The second-order valence-corrected chi connectivity index (χ2v) is 7.92. The molecule has 1 N–H and O–H groups in total. The van der Waals surface area contributed by atoms with Gasteiger partial charge in [0.1, 0.15) is 5.75 Å².